The summed E-state index contributed by atoms with van der Waals surface area (Å²) >= 11 is 0. The number of nitrogens with zero attached hydrogens (tertiary/aromatic N) is 3. The van der Waals surface area contributed by atoms with Gasteiger partial charge in [0.15, 0.2) is 0 Å². The fourth-order valence-electron chi connectivity index (χ4n) is 3.73. The van der Waals surface area contributed by atoms with Crippen molar-refractivity contribution in [2.75, 3.05) is 31.2 Å². The lowest BCUT2D eigenvalue weighted by atomic mass is 10.1. The smallest absolute Gasteiger partial charge is 0.289 e. The van der Waals surface area contributed by atoms with Crippen LogP contribution in [0, 0.1) is 0 Å². The Hall–Kier alpha value is -3.39. The fraction of sp³-hybridized carbons (Fsp3) is 0.286. The van der Waals surface area contributed by atoms with Gasteiger partial charge in [0, 0.05) is 18.5 Å². The van der Waals surface area contributed by atoms with Gasteiger partial charge in [0.1, 0.15) is 5.82 Å². The third-order valence-electron chi connectivity index (χ3n) is 5.32. The first-order valence-corrected chi connectivity index (χ1v) is 9.75. The summed E-state index contributed by atoms with van der Waals surface area (Å²) in [5.74, 6) is 0.922. The number of nitrogens with one attached hydrogen (secondary N) is 3. The molecule has 5 rings (SSSR count). The molecule has 0 spiro atoms. The van der Waals surface area contributed by atoms with Crippen LogP contribution in [0.1, 0.15) is 29.1 Å². The molecular formula is C21H22N6O2. The average Bonchev–Trinajstić information content (AvgIpc) is 3.36. The van der Waals surface area contributed by atoms with Crippen LogP contribution in [0.2, 0.25) is 0 Å². The number of imidazole rings is 1. The topological polar surface area (TPSA) is 98.9 Å². The highest BCUT2D eigenvalue weighted by Gasteiger charge is 2.19. The van der Waals surface area contributed by atoms with Gasteiger partial charge in [-0.3, -0.25) is 15.0 Å². The number of hydrogen-bond donors (Lipinski definition) is 3. The number of H-pyrrole nitrogens is 2. The second kappa shape index (κ2) is 7.21. The highest BCUT2D eigenvalue weighted by molar-refractivity contribution is 6.01. The standard InChI is InChI=1S/C21H22N6O2/c1-13(14-5-3-2-4-6-14)22-21(28)19-23-17-11-15-16(12-18(17)24-19)25-26-20(15)27-7-9-29-10-8-27/h2-6,11-13,25-26H,7-10H2,1H3,(H,22,28)/t13-/m1/s1. The number of aromatic nitrogens is 4. The van der Waals surface area contributed by atoms with Gasteiger partial charge in [-0.2, -0.15) is 0 Å². The lowest BCUT2D eigenvalue weighted by Crippen LogP contribution is -2.36. The zero-order valence-corrected chi connectivity index (χ0v) is 16.1. The number of morpholine rings is 1. The predicted octanol–water partition coefficient (Wildman–Crippen LogP) is 2.77. The van der Waals surface area contributed by atoms with Gasteiger partial charge >= 0.3 is 0 Å². The Bertz CT molecular complexity index is 1160. The molecule has 0 aliphatic carbocycles. The first kappa shape index (κ1) is 17.7. The highest BCUT2D eigenvalue weighted by atomic mass is 16.5. The van der Waals surface area contributed by atoms with Crippen LogP contribution >= 0.6 is 0 Å². The maximum absolute atomic E-state index is 12.7. The van der Waals surface area contributed by atoms with Gasteiger partial charge < -0.3 is 15.0 Å². The van der Waals surface area contributed by atoms with Gasteiger partial charge in [-0.05, 0) is 24.6 Å². The molecule has 148 valence electrons. The minimum Gasteiger partial charge on any atom is -0.378 e. The number of carbonyl (C=O) groups excluding carboxylic acids is 1. The molecule has 1 saturated heterocycles. The molecule has 1 aliphatic heterocycles. The quantitative estimate of drug-likeness (QED) is 0.498. The molecule has 0 bridgehead atoms. The summed E-state index contributed by atoms with van der Waals surface area (Å²) in [6.45, 7) is 5.04. The van der Waals surface area contributed by atoms with E-state index in [4.69, 9.17) is 4.74 Å². The van der Waals surface area contributed by atoms with Crippen LogP contribution in [0.4, 0.5) is 5.82 Å². The van der Waals surface area contributed by atoms with Gasteiger partial charge in [-0.15, -0.1) is 0 Å². The molecule has 8 heteroatoms. The Balaban J connectivity index is 1.43. The molecule has 8 nitrogen and oxygen atoms in total. The third-order valence-corrected chi connectivity index (χ3v) is 5.32. The number of benzene rings is 2. The number of aromatic amines is 2. The van der Waals surface area contributed by atoms with Gasteiger partial charge in [-0.1, -0.05) is 30.3 Å². The Morgan fingerprint density at radius 2 is 1.83 bits per heavy atom. The fourth-order valence-corrected chi connectivity index (χ4v) is 3.73. The second-order valence-electron chi connectivity index (χ2n) is 7.24. The van der Waals surface area contributed by atoms with Gasteiger partial charge in [0.25, 0.3) is 5.91 Å². The van der Waals surface area contributed by atoms with Crippen molar-refractivity contribution in [3.8, 4) is 0 Å². The number of anilines is 1. The Morgan fingerprint density at radius 1 is 1.10 bits per heavy atom. The van der Waals surface area contributed by atoms with Crippen LogP contribution in [-0.4, -0.2) is 52.4 Å². The van der Waals surface area contributed by atoms with Gasteiger partial charge in [0.2, 0.25) is 5.82 Å². The molecule has 1 atom stereocenters. The summed E-state index contributed by atoms with van der Waals surface area (Å²) < 4.78 is 5.44. The molecule has 29 heavy (non-hydrogen) atoms. The zero-order valence-electron chi connectivity index (χ0n) is 16.1. The lowest BCUT2D eigenvalue weighted by Gasteiger charge is -2.27. The number of rotatable bonds is 4. The summed E-state index contributed by atoms with van der Waals surface area (Å²) in [7, 11) is 0. The Morgan fingerprint density at radius 3 is 2.59 bits per heavy atom. The van der Waals surface area contributed by atoms with Crippen molar-refractivity contribution in [2.24, 2.45) is 0 Å². The van der Waals surface area contributed by atoms with E-state index in [2.05, 4.69) is 30.4 Å². The minimum absolute atomic E-state index is 0.123. The summed E-state index contributed by atoms with van der Waals surface area (Å²) in [6, 6.07) is 13.6. The number of ether oxygens (including phenoxy) is 1. The molecule has 2 aromatic heterocycles. The molecule has 1 amide bonds. The van der Waals surface area contributed by atoms with E-state index in [9.17, 15) is 4.79 Å². The maximum atomic E-state index is 12.7. The van der Waals surface area contributed by atoms with Crippen molar-refractivity contribution in [3.63, 3.8) is 0 Å². The van der Waals surface area contributed by atoms with E-state index in [1.807, 2.05) is 49.4 Å². The predicted molar refractivity (Wildman–Crippen MR) is 111 cm³/mol. The van der Waals surface area contributed by atoms with Crippen molar-refractivity contribution in [2.45, 2.75) is 13.0 Å². The number of amides is 1. The first-order valence-electron chi connectivity index (χ1n) is 9.75. The zero-order chi connectivity index (χ0) is 19.8. The molecule has 1 fully saturated rings. The molecular weight excluding hydrogens is 368 g/mol. The molecule has 1 aliphatic rings. The molecule has 0 saturated carbocycles. The largest absolute Gasteiger partial charge is 0.378 e. The second-order valence-corrected chi connectivity index (χ2v) is 7.24. The van der Waals surface area contributed by atoms with E-state index < -0.39 is 0 Å². The summed E-state index contributed by atoms with van der Waals surface area (Å²) in [6.07, 6.45) is 0. The van der Waals surface area contributed by atoms with E-state index in [1.165, 1.54) is 0 Å². The van der Waals surface area contributed by atoms with Crippen molar-refractivity contribution in [1.82, 2.24) is 25.5 Å². The van der Waals surface area contributed by atoms with E-state index in [0.29, 0.717) is 24.2 Å². The number of carbonyl (C=O) groups is 1. The SMILES string of the molecule is C[C@@H](NC(=O)c1nc2cc3[nH][nH]c(N4CCOCC4)c3cc2n1)c1ccccc1. The Labute approximate surface area is 167 Å². The molecule has 3 heterocycles. The first-order chi connectivity index (χ1) is 14.2. The van der Waals surface area contributed by atoms with Crippen molar-refractivity contribution < 1.29 is 9.53 Å². The van der Waals surface area contributed by atoms with E-state index in [-0.39, 0.29) is 17.8 Å². The average molecular weight is 390 g/mol. The normalized spacial score (nSPS) is 15.7. The van der Waals surface area contributed by atoms with Crippen LogP contribution in [0.5, 0.6) is 0 Å². The molecule has 2 aromatic carbocycles. The van der Waals surface area contributed by atoms with E-state index in [1.54, 1.807) is 0 Å². The summed E-state index contributed by atoms with van der Waals surface area (Å²) in [5.41, 5.74) is 3.37. The van der Waals surface area contributed by atoms with Crippen LogP contribution in [-0.2, 0) is 4.74 Å². The summed E-state index contributed by atoms with van der Waals surface area (Å²) in [4.78, 5) is 23.8. The third kappa shape index (κ3) is 3.31. The van der Waals surface area contributed by atoms with Crippen LogP contribution in [0.25, 0.3) is 21.9 Å². The maximum Gasteiger partial charge on any atom is 0.289 e. The van der Waals surface area contributed by atoms with Crippen LogP contribution in [0.3, 0.4) is 0 Å². The monoisotopic (exact) mass is 390 g/mol. The molecule has 4 aromatic rings. The minimum atomic E-state index is -0.277. The highest BCUT2D eigenvalue weighted by Crippen LogP contribution is 2.28. The summed E-state index contributed by atoms with van der Waals surface area (Å²) in [5, 5.41) is 10.4. The molecule has 0 unspecified atom stereocenters. The van der Waals surface area contributed by atoms with Crippen LogP contribution in [0.15, 0.2) is 42.5 Å². The van der Waals surface area contributed by atoms with Gasteiger partial charge in [-0.25, -0.2) is 9.97 Å². The molecule has 0 radical (unpaired) electrons. The van der Waals surface area contributed by atoms with Crippen molar-refractivity contribution >= 4 is 33.7 Å². The van der Waals surface area contributed by atoms with E-state index >= 15 is 0 Å². The van der Waals surface area contributed by atoms with Crippen LogP contribution < -0.4 is 10.2 Å². The van der Waals surface area contributed by atoms with Gasteiger partial charge in [0.05, 0.1) is 35.8 Å². The number of fused-ring (bicyclic) bond motifs is 2. The number of hydrogen-bond acceptors (Lipinski definition) is 5. The van der Waals surface area contributed by atoms with E-state index in [0.717, 1.165) is 35.4 Å². The lowest BCUT2D eigenvalue weighted by molar-refractivity contribution is 0.0930. The Kier molecular flexibility index (Phi) is 4.40. The van der Waals surface area contributed by atoms with Crippen molar-refractivity contribution in [1.29, 1.82) is 0 Å². The molecule has 3 N–H and O–H groups in total. The van der Waals surface area contributed by atoms with Crippen molar-refractivity contribution in [3.05, 3.63) is 53.9 Å².